The number of rotatable bonds is 16. The highest BCUT2D eigenvalue weighted by atomic mass is 16.6. The van der Waals surface area contributed by atoms with Gasteiger partial charge >= 0.3 is 12.1 Å². The molecule has 214 valence electrons. The molecule has 10 nitrogen and oxygen atoms in total. The number of hydrogen-bond donors (Lipinski definition) is 4. The fourth-order valence-electron chi connectivity index (χ4n) is 4.43. The van der Waals surface area contributed by atoms with Gasteiger partial charge in [0.15, 0.2) is 0 Å². The van der Waals surface area contributed by atoms with Crippen LogP contribution in [0.3, 0.4) is 0 Å². The molecule has 1 aliphatic rings. The molecule has 1 saturated carbocycles. The second kappa shape index (κ2) is 16.3. The Morgan fingerprint density at radius 2 is 1.74 bits per heavy atom. The second-order valence-electron chi connectivity index (χ2n) is 9.89. The molecule has 0 radical (unpaired) electrons. The predicted octanol–water partition coefficient (Wildman–Crippen LogP) is 2.91. The molecule has 0 aliphatic heterocycles. The summed E-state index contributed by atoms with van der Waals surface area (Å²) in [4.78, 5) is 50.3. The molecule has 3 amide bonds. The van der Waals surface area contributed by atoms with Gasteiger partial charge in [-0.2, -0.15) is 0 Å². The number of allylic oxidation sites excluding steroid dienone is 1. The largest absolute Gasteiger partial charge is 0.459 e. The summed E-state index contributed by atoms with van der Waals surface area (Å²) in [6.45, 7) is 8.83. The van der Waals surface area contributed by atoms with Gasteiger partial charge in [0, 0.05) is 6.42 Å². The smallest absolute Gasteiger partial charge is 0.408 e. The van der Waals surface area contributed by atoms with Gasteiger partial charge in [-0.15, -0.1) is 13.2 Å². The summed E-state index contributed by atoms with van der Waals surface area (Å²) in [7, 11) is 0. The molecule has 1 fully saturated rings. The van der Waals surface area contributed by atoms with Crippen molar-refractivity contribution in [3.63, 3.8) is 0 Å². The zero-order valence-corrected chi connectivity index (χ0v) is 22.7. The Kier molecular flexibility index (Phi) is 13.2. The van der Waals surface area contributed by atoms with E-state index in [0.717, 1.165) is 18.4 Å². The number of aliphatic hydroxyl groups is 1. The third kappa shape index (κ3) is 10.9. The molecular formula is C29H41N3O7. The molecule has 10 heteroatoms. The Balaban J connectivity index is 1.82. The first kappa shape index (κ1) is 31.6. The lowest BCUT2D eigenvalue weighted by Crippen LogP contribution is -2.50. The molecule has 0 aromatic heterocycles. The maximum Gasteiger partial charge on any atom is 0.408 e. The molecular weight excluding hydrogens is 502 g/mol. The maximum atomic E-state index is 12.8. The summed E-state index contributed by atoms with van der Waals surface area (Å²) in [5.74, 6) is -2.02. The summed E-state index contributed by atoms with van der Waals surface area (Å²) >= 11 is 0. The monoisotopic (exact) mass is 543 g/mol. The Hall–Kier alpha value is -3.66. The lowest BCUT2D eigenvalue weighted by atomic mass is 9.95. The van der Waals surface area contributed by atoms with Crippen molar-refractivity contribution in [2.24, 2.45) is 5.92 Å². The van der Waals surface area contributed by atoms with Crippen LogP contribution in [0, 0.1) is 5.92 Å². The highest BCUT2D eigenvalue weighted by molar-refractivity contribution is 5.86. The minimum absolute atomic E-state index is 0.0136. The van der Waals surface area contributed by atoms with Gasteiger partial charge in [-0.05, 0) is 38.2 Å². The number of carbonyl (C=O) groups excluding carboxylic acids is 4. The van der Waals surface area contributed by atoms with E-state index in [0.29, 0.717) is 12.8 Å². The van der Waals surface area contributed by atoms with Crippen LogP contribution in [0.25, 0.3) is 0 Å². The number of hydrogen-bond acceptors (Lipinski definition) is 7. The van der Waals surface area contributed by atoms with Crippen LogP contribution in [0.15, 0.2) is 55.6 Å². The average Bonchev–Trinajstić information content (AvgIpc) is 3.39. The zero-order chi connectivity index (χ0) is 28.7. The fourth-order valence-corrected chi connectivity index (χ4v) is 4.43. The Morgan fingerprint density at radius 1 is 1.08 bits per heavy atom. The van der Waals surface area contributed by atoms with Gasteiger partial charge < -0.3 is 30.5 Å². The van der Waals surface area contributed by atoms with E-state index in [4.69, 9.17) is 9.47 Å². The Morgan fingerprint density at radius 3 is 2.36 bits per heavy atom. The Bertz CT molecular complexity index is 976. The quantitative estimate of drug-likeness (QED) is 0.185. The van der Waals surface area contributed by atoms with Crippen molar-refractivity contribution in [2.45, 2.75) is 76.2 Å². The van der Waals surface area contributed by atoms with Crippen molar-refractivity contribution >= 4 is 23.9 Å². The highest BCUT2D eigenvalue weighted by Crippen LogP contribution is 2.29. The number of alkyl carbamates (subject to hydrolysis) is 1. The molecule has 0 bridgehead atoms. The van der Waals surface area contributed by atoms with Crippen LogP contribution in [0.1, 0.15) is 57.4 Å². The zero-order valence-electron chi connectivity index (χ0n) is 22.7. The maximum absolute atomic E-state index is 12.8. The van der Waals surface area contributed by atoms with E-state index >= 15 is 0 Å². The minimum Gasteiger partial charge on any atom is -0.459 e. The van der Waals surface area contributed by atoms with E-state index in [2.05, 4.69) is 29.1 Å². The standard InChI is InChI=1S/C29H41N3O7/c1-4-11-23(17-25(34)32-29(20-33)15-9-10-16-29)26(35)30-18-21(3)39-27(36)24(12-5-2)31-28(37)38-19-22-13-7-6-8-14-22/h4-8,13-14,21,23-24,33H,1-2,9-12,15-20H2,3H3,(H,30,35)(H,31,37)(H,32,34)/t21-,23-,24+/m0/s1. The van der Waals surface area contributed by atoms with Crippen molar-refractivity contribution in [3.05, 3.63) is 61.2 Å². The van der Waals surface area contributed by atoms with Crippen molar-refractivity contribution in [2.75, 3.05) is 13.2 Å². The van der Waals surface area contributed by atoms with Crippen LogP contribution in [0.5, 0.6) is 0 Å². The number of aliphatic hydroxyl groups excluding tert-OH is 1. The van der Waals surface area contributed by atoms with E-state index in [9.17, 15) is 24.3 Å². The molecule has 1 aromatic carbocycles. The minimum atomic E-state index is -1.00. The number of ether oxygens (including phenoxy) is 2. The van der Waals surface area contributed by atoms with Crippen LogP contribution in [-0.4, -0.2) is 59.8 Å². The molecule has 2 rings (SSSR count). The number of benzene rings is 1. The molecule has 0 heterocycles. The molecule has 0 unspecified atom stereocenters. The number of amides is 3. The molecule has 39 heavy (non-hydrogen) atoms. The van der Waals surface area contributed by atoms with Gasteiger partial charge in [0.1, 0.15) is 18.8 Å². The summed E-state index contributed by atoms with van der Waals surface area (Å²) < 4.78 is 10.6. The van der Waals surface area contributed by atoms with E-state index in [-0.39, 0.29) is 50.8 Å². The van der Waals surface area contributed by atoms with E-state index < -0.39 is 35.7 Å². The number of nitrogens with one attached hydrogen (secondary N) is 3. The van der Waals surface area contributed by atoms with E-state index in [1.807, 2.05) is 30.3 Å². The van der Waals surface area contributed by atoms with Crippen molar-refractivity contribution < 1.29 is 33.8 Å². The molecule has 1 aromatic rings. The molecule has 0 spiro atoms. The fraction of sp³-hybridized carbons (Fsp3) is 0.517. The van der Waals surface area contributed by atoms with Gasteiger partial charge in [0.05, 0.1) is 24.6 Å². The lowest BCUT2D eigenvalue weighted by Gasteiger charge is -2.28. The van der Waals surface area contributed by atoms with Crippen LogP contribution in [0.2, 0.25) is 0 Å². The topological polar surface area (TPSA) is 143 Å². The average molecular weight is 544 g/mol. The summed E-state index contributed by atoms with van der Waals surface area (Å²) in [5.41, 5.74) is 0.192. The second-order valence-corrected chi connectivity index (χ2v) is 9.89. The van der Waals surface area contributed by atoms with Gasteiger partial charge in [-0.25, -0.2) is 9.59 Å². The first-order valence-corrected chi connectivity index (χ1v) is 13.3. The van der Waals surface area contributed by atoms with Crippen molar-refractivity contribution in [1.29, 1.82) is 0 Å². The predicted molar refractivity (Wildman–Crippen MR) is 146 cm³/mol. The molecule has 3 atom stereocenters. The number of esters is 1. The summed E-state index contributed by atoms with van der Waals surface area (Å²) in [5, 5.41) is 17.9. The first-order chi connectivity index (χ1) is 18.7. The normalized spacial score (nSPS) is 16.2. The summed E-state index contributed by atoms with van der Waals surface area (Å²) in [6.07, 6.45) is 5.24. The first-order valence-electron chi connectivity index (χ1n) is 13.3. The van der Waals surface area contributed by atoms with Crippen LogP contribution in [0.4, 0.5) is 4.79 Å². The van der Waals surface area contributed by atoms with Crippen molar-refractivity contribution in [3.8, 4) is 0 Å². The highest BCUT2D eigenvalue weighted by Gasteiger charge is 2.35. The van der Waals surface area contributed by atoms with E-state index in [1.54, 1.807) is 13.0 Å². The summed E-state index contributed by atoms with van der Waals surface area (Å²) in [6, 6.07) is 8.12. The number of carbonyl (C=O) groups is 4. The van der Waals surface area contributed by atoms with Gasteiger partial charge in [0.25, 0.3) is 0 Å². The molecule has 0 saturated heterocycles. The van der Waals surface area contributed by atoms with Crippen LogP contribution in [-0.2, 0) is 30.5 Å². The SMILES string of the molecule is C=CC[C@@H](CC(=O)NC1(CO)CCCC1)C(=O)NC[C@H](C)OC(=O)[C@@H](CC=C)NC(=O)OCc1ccccc1. The molecule has 4 N–H and O–H groups in total. The van der Waals surface area contributed by atoms with Gasteiger partial charge in [0.2, 0.25) is 11.8 Å². The lowest BCUT2D eigenvalue weighted by molar-refractivity contribution is -0.151. The van der Waals surface area contributed by atoms with Gasteiger partial charge in [-0.3, -0.25) is 9.59 Å². The van der Waals surface area contributed by atoms with Crippen molar-refractivity contribution in [1.82, 2.24) is 16.0 Å². The van der Waals surface area contributed by atoms with Gasteiger partial charge in [-0.1, -0.05) is 55.3 Å². The van der Waals surface area contributed by atoms with Crippen LogP contribution < -0.4 is 16.0 Å². The molecule has 1 aliphatic carbocycles. The van der Waals surface area contributed by atoms with Crippen LogP contribution >= 0.6 is 0 Å². The third-order valence-electron chi connectivity index (χ3n) is 6.59. The third-order valence-corrected chi connectivity index (χ3v) is 6.59. The van der Waals surface area contributed by atoms with E-state index in [1.165, 1.54) is 6.08 Å². The Labute approximate surface area is 230 Å².